The molecule has 1 aromatic heterocycles. The van der Waals surface area contributed by atoms with Crippen molar-refractivity contribution in [1.82, 2.24) is 14.5 Å². The molecule has 146 valence electrons. The number of carbonyl (C=O) groups excluding carboxylic acids is 1. The molecule has 0 spiro atoms. The summed E-state index contributed by atoms with van der Waals surface area (Å²) < 4.78 is 13.0. The maximum atomic E-state index is 12.5. The zero-order chi connectivity index (χ0) is 20.3. The number of aromatic nitrogens is 2. The molecule has 8 heteroatoms. The topological polar surface area (TPSA) is 91.6 Å². The molecule has 3 aromatic rings. The van der Waals surface area contributed by atoms with Crippen LogP contribution in [0.3, 0.4) is 0 Å². The van der Waals surface area contributed by atoms with Crippen LogP contribution in [0, 0.1) is 0 Å². The van der Waals surface area contributed by atoms with E-state index in [-0.39, 0.29) is 13.1 Å². The average Bonchev–Trinajstić information content (AvgIpc) is 2.73. The lowest BCUT2D eigenvalue weighted by Crippen LogP contribution is -2.43. The van der Waals surface area contributed by atoms with Crippen molar-refractivity contribution in [1.29, 1.82) is 0 Å². The van der Waals surface area contributed by atoms with Gasteiger partial charge in [-0.05, 0) is 30.3 Å². The molecule has 0 bridgehead atoms. The molecule has 0 aliphatic heterocycles. The first kappa shape index (κ1) is 19.2. The van der Waals surface area contributed by atoms with E-state index < -0.39 is 17.0 Å². The van der Waals surface area contributed by atoms with Crippen LogP contribution in [0.15, 0.2) is 52.1 Å². The largest absolute Gasteiger partial charge is 0.497 e. The second kappa shape index (κ2) is 7.99. The quantitative estimate of drug-likeness (QED) is 0.642. The molecule has 0 saturated heterocycles. The summed E-state index contributed by atoms with van der Waals surface area (Å²) >= 11 is 0. The minimum Gasteiger partial charge on any atom is -0.497 e. The summed E-state index contributed by atoms with van der Waals surface area (Å²) in [6.45, 7) is -0.0710. The first-order valence-corrected chi connectivity index (χ1v) is 8.62. The van der Waals surface area contributed by atoms with Crippen LogP contribution < -0.4 is 25.9 Å². The van der Waals surface area contributed by atoms with Crippen LogP contribution in [0.25, 0.3) is 11.0 Å². The van der Waals surface area contributed by atoms with E-state index in [1.807, 2.05) is 0 Å². The fraction of sp³-hybridized carbons (Fsp3) is 0.250. The Bertz CT molecular complexity index is 1150. The smallest absolute Gasteiger partial charge is 0.317 e. The molecule has 8 nitrogen and oxygen atoms in total. The molecule has 3 rings (SSSR count). The normalized spacial score (nSPS) is 10.7. The van der Waals surface area contributed by atoms with E-state index in [0.717, 1.165) is 5.56 Å². The highest BCUT2D eigenvalue weighted by atomic mass is 16.5. The average molecular weight is 383 g/mol. The summed E-state index contributed by atoms with van der Waals surface area (Å²) in [6.07, 6.45) is 0. The Labute approximate surface area is 160 Å². The van der Waals surface area contributed by atoms with Crippen molar-refractivity contribution in [3.05, 3.63) is 68.7 Å². The van der Waals surface area contributed by atoms with Gasteiger partial charge in [-0.25, -0.2) is 0 Å². The SMILES string of the molecule is COc1ccc(OC)c(CNC(=O)Cn2c(=O)c(=O)n(C)c3ccccc32)c1. The predicted molar refractivity (Wildman–Crippen MR) is 105 cm³/mol. The fourth-order valence-electron chi connectivity index (χ4n) is 3.02. The summed E-state index contributed by atoms with van der Waals surface area (Å²) in [4.78, 5) is 37.1. The third-order valence-corrected chi connectivity index (χ3v) is 4.53. The van der Waals surface area contributed by atoms with Gasteiger partial charge in [0.15, 0.2) is 0 Å². The van der Waals surface area contributed by atoms with Crippen LogP contribution in [-0.4, -0.2) is 29.3 Å². The number of nitrogens with one attached hydrogen (secondary N) is 1. The molecule has 1 amide bonds. The molecule has 0 fully saturated rings. The Balaban J connectivity index is 1.85. The number of fused-ring (bicyclic) bond motifs is 1. The molecule has 28 heavy (non-hydrogen) atoms. The molecular formula is C20H21N3O5. The number of carbonyl (C=O) groups is 1. The Morgan fingerprint density at radius 1 is 1.00 bits per heavy atom. The number of aryl methyl sites for hydroxylation is 1. The van der Waals surface area contributed by atoms with Crippen LogP contribution in [0.1, 0.15) is 5.56 Å². The van der Waals surface area contributed by atoms with Gasteiger partial charge in [-0.3, -0.25) is 19.0 Å². The summed E-state index contributed by atoms with van der Waals surface area (Å²) in [6, 6.07) is 12.2. The Morgan fingerprint density at radius 3 is 2.39 bits per heavy atom. The van der Waals surface area contributed by atoms with Gasteiger partial charge in [0.1, 0.15) is 18.0 Å². The van der Waals surface area contributed by atoms with Crippen molar-refractivity contribution in [3.63, 3.8) is 0 Å². The van der Waals surface area contributed by atoms with E-state index in [1.165, 1.54) is 16.2 Å². The molecule has 0 aliphatic rings. The Morgan fingerprint density at radius 2 is 1.71 bits per heavy atom. The van der Waals surface area contributed by atoms with Gasteiger partial charge in [0.05, 0.1) is 25.3 Å². The molecule has 0 radical (unpaired) electrons. The van der Waals surface area contributed by atoms with Crippen molar-refractivity contribution in [2.24, 2.45) is 7.05 Å². The highest BCUT2D eigenvalue weighted by Gasteiger charge is 2.14. The predicted octanol–water partition coefficient (Wildman–Crippen LogP) is 1.03. The number of para-hydroxylation sites is 2. The van der Waals surface area contributed by atoms with E-state index in [4.69, 9.17) is 9.47 Å². The maximum Gasteiger partial charge on any atom is 0.317 e. The number of amides is 1. The van der Waals surface area contributed by atoms with Crippen molar-refractivity contribution in [2.45, 2.75) is 13.1 Å². The lowest BCUT2D eigenvalue weighted by Gasteiger charge is -2.14. The molecule has 2 aromatic carbocycles. The minimum absolute atomic E-state index is 0.191. The zero-order valence-corrected chi connectivity index (χ0v) is 15.9. The summed E-state index contributed by atoms with van der Waals surface area (Å²) in [5, 5.41) is 2.76. The third kappa shape index (κ3) is 3.62. The monoisotopic (exact) mass is 383 g/mol. The van der Waals surface area contributed by atoms with Gasteiger partial charge in [-0.2, -0.15) is 0 Å². The molecule has 1 N–H and O–H groups in total. The first-order chi connectivity index (χ1) is 13.5. The number of hydrogen-bond acceptors (Lipinski definition) is 5. The van der Waals surface area contributed by atoms with E-state index in [2.05, 4.69) is 5.32 Å². The summed E-state index contributed by atoms with van der Waals surface area (Å²) in [5.41, 5.74) is 0.408. The maximum absolute atomic E-state index is 12.5. The number of nitrogens with zero attached hydrogens (tertiary/aromatic N) is 2. The van der Waals surface area contributed by atoms with Crippen molar-refractivity contribution < 1.29 is 14.3 Å². The van der Waals surface area contributed by atoms with Crippen molar-refractivity contribution in [2.75, 3.05) is 14.2 Å². The summed E-state index contributed by atoms with van der Waals surface area (Å²) in [5.74, 6) is 0.849. The fourth-order valence-corrected chi connectivity index (χ4v) is 3.02. The van der Waals surface area contributed by atoms with Gasteiger partial charge < -0.3 is 19.4 Å². The number of methoxy groups -OCH3 is 2. The molecule has 0 saturated carbocycles. The third-order valence-electron chi connectivity index (χ3n) is 4.53. The molecule has 1 heterocycles. The number of benzene rings is 2. The molecule has 0 atom stereocenters. The Hall–Kier alpha value is -3.55. The zero-order valence-electron chi connectivity index (χ0n) is 15.9. The Kier molecular flexibility index (Phi) is 5.49. The van der Waals surface area contributed by atoms with Gasteiger partial charge in [0, 0.05) is 19.2 Å². The highest BCUT2D eigenvalue weighted by molar-refractivity contribution is 5.80. The van der Waals surface area contributed by atoms with Crippen LogP contribution in [0.5, 0.6) is 11.5 Å². The molecule has 0 unspecified atom stereocenters. The van der Waals surface area contributed by atoms with Crippen LogP contribution >= 0.6 is 0 Å². The van der Waals surface area contributed by atoms with E-state index in [1.54, 1.807) is 56.7 Å². The standard InChI is InChI=1S/C20H21N3O5/c1-22-15-6-4-5-7-16(15)23(20(26)19(22)25)12-18(24)21-11-13-10-14(27-2)8-9-17(13)28-3/h4-10H,11-12H2,1-3H3,(H,21,24). The number of hydrogen-bond donors (Lipinski definition) is 1. The van der Waals surface area contributed by atoms with Gasteiger partial charge >= 0.3 is 11.1 Å². The number of ether oxygens (including phenoxy) is 2. The highest BCUT2D eigenvalue weighted by Crippen LogP contribution is 2.23. The van der Waals surface area contributed by atoms with Gasteiger partial charge in [-0.1, -0.05) is 12.1 Å². The molecular weight excluding hydrogens is 362 g/mol. The van der Waals surface area contributed by atoms with Crippen LogP contribution in [0.4, 0.5) is 0 Å². The van der Waals surface area contributed by atoms with Crippen molar-refractivity contribution >= 4 is 16.9 Å². The number of rotatable bonds is 6. The van der Waals surface area contributed by atoms with Gasteiger partial charge in [0.2, 0.25) is 5.91 Å². The van der Waals surface area contributed by atoms with Crippen LogP contribution in [0.2, 0.25) is 0 Å². The van der Waals surface area contributed by atoms with Gasteiger partial charge in [0.25, 0.3) is 0 Å². The lowest BCUT2D eigenvalue weighted by molar-refractivity contribution is -0.121. The summed E-state index contributed by atoms with van der Waals surface area (Å²) in [7, 11) is 4.63. The van der Waals surface area contributed by atoms with Crippen LogP contribution in [-0.2, 0) is 24.9 Å². The lowest BCUT2D eigenvalue weighted by atomic mass is 10.2. The van der Waals surface area contributed by atoms with E-state index >= 15 is 0 Å². The van der Waals surface area contributed by atoms with E-state index in [0.29, 0.717) is 22.5 Å². The minimum atomic E-state index is -0.740. The second-order valence-corrected chi connectivity index (χ2v) is 6.20. The van der Waals surface area contributed by atoms with Crippen molar-refractivity contribution in [3.8, 4) is 11.5 Å². The van der Waals surface area contributed by atoms with Gasteiger partial charge in [-0.15, -0.1) is 0 Å². The van der Waals surface area contributed by atoms with E-state index in [9.17, 15) is 14.4 Å². The second-order valence-electron chi connectivity index (χ2n) is 6.20. The first-order valence-electron chi connectivity index (χ1n) is 8.62. The molecule has 0 aliphatic carbocycles.